The smallest absolute Gasteiger partial charge is 0.259 e. The molecule has 0 radical (unpaired) electrons. The van der Waals surface area contributed by atoms with Crippen molar-refractivity contribution in [2.75, 3.05) is 41.5 Å². The molecule has 31 heavy (non-hydrogen) atoms. The molecule has 2 aromatic carbocycles. The lowest BCUT2D eigenvalue weighted by molar-refractivity contribution is 0.0697. The Morgan fingerprint density at radius 3 is 1.90 bits per heavy atom. The van der Waals surface area contributed by atoms with Gasteiger partial charge >= 0.3 is 0 Å². The van der Waals surface area contributed by atoms with E-state index in [0.29, 0.717) is 60.1 Å². The molecule has 8 heteroatoms. The van der Waals surface area contributed by atoms with Crippen molar-refractivity contribution in [1.82, 2.24) is 10.2 Å². The van der Waals surface area contributed by atoms with Crippen molar-refractivity contribution in [2.24, 2.45) is 0 Å². The van der Waals surface area contributed by atoms with Crippen molar-refractivity contribution in [1.29, 1.82) is 0 Å². The second kappa shape index (κ2) is 10.1. The zero-order valence-corrected chi connectivity index (χ0v) is 18.3. The van der Waals surface area contributed by atoms with E-state index in [-0.39, 0.29) is 17.9 Å². The van der Waals surface area contributed by atoms with Gasteiger partial charge in [0.25, 0.3) is 11.8 Å². The van der Waals surface area contributed by atoms with Crippen molar-refractivity contribution >= 4 is 11.8 Å². The van der Waals surface area contributed by atoms with Gasteiger partial charge in [0.15, 0.2) is 0 Å². The van der Waals surface area contributed by atoms with E-state index in [0.717, 1.165) is 0 Å². The molecule has 2 aromatic rings. The number of nitrogens with zero attached hydrogens (tertiary/aromatic N) is 1. The van der Waals surface area contributed by atoms with Crippen LogP contribution in [0.5, 0.6) is 23.0 Å². The number of methoxy groups -OCH3 is 4. The molecule has 8 nitrogen and oxygen atoms in total. The fourth-order valence-electron chi connectivity index (χ4n) is 3.67. The van der Waals surface area contributed by atoms with Crippen LogP contribution in [-0.2, 0) is 0 Å². The molecule has 0 aliphatic carbocycles. The highest BCUT2D eigenvalue weighted by Crippen LogP contribution is 2.29. The van der Waals surface area contributed by atoms with Gasteiger partial charge in [0.1, 0.15) is 28.6 Å². The first-order valence-corrected chi connectivity index (χ1v) is 10.0. The Hall–Kier alpha value is -3.42. The molecule has 166 valence electrons. The van der Waals surface area contributed by atoms with Crippen LogP contribution in [0.4, 0.5) is 0 Å². The maximum Gasteiger partial charge on any atom is 0.259 e. The van der Waals surface area contributed by atoms with E-state index in [1.54, 1.807) is 55.5 Å². The number of carbonyl (C=O) groups excluding carboxylic acids is 2. The van der Waals surface area contributed by atoms with E-state index in [2.05, 4.69) is 5.32 Å². The molecule has 0 saturated carbocycles. The summed E-state index contributed by atoms with van der Waals surface area (Å²) in [7, 11) is 6.13. The lowest BCUT2D eigenvalue weighted by Crippen LogP contribution is -2.46. The predicted octanol–water partition coefficient (Wildman–Crippen LogP) is 2.76. The first-order chi connectivity index (χ1) is 15.0. The third-order valence-corrected chi connectivity index (χ3v) is 5.37. The van der Waals surface area contributed by atoms with Crippen molar-refractivity contribution in [3.05, 3.63) is 47.5 Å². The molecule has 2 amide bonds. The minimum atomic E-state index is -0.253. The van der Waals surface area contributed by atoms with Crippen LogP contribution < -0.4 is 24.3 Å². The van der Waals surface area contributed by atoms with Gasteiger partial charge in [-0.1, -0.05) is 6.07 Å². The van der Waals surface area contributed by atoms with Crippen LogP contribution in [0, 0.1) is 0 Å². The summed E-state index contributed by atoms with van der Waals surface area (Å²) in [6.07, 6.45) is 1.30. The van der Waals surface area contributed by atoms with Gasteiger partial charge in [-0.2, -0.15) is 0 Å². The number of ether oxygens (including phenoxy) is 4. The number of piperidine rings is 1. The number of likely N-dealkylation sites (tertiary alicyclic amines) is 1. The largest absolute Gasteiger partial charge is 0.497 e. The molecule has 0 aromatic heterocycles. The predicted molar refractivity (Wildman–Crippen MR) is 115 cm³/mol. The summed E-state index contributed by atoms with van der Waals surface area (Å²) in [5.41, 5.74) is 0.881. The molecule has 1 fully saturated rings. The fraction of sp³-hybridized carbons (Fsp3) is 0.391. The number of rotatable bonds is 7. The fourth-order valence-corrected chi connectivity index (χ4v) is 3.67. The molecule has 0 atom stereocenters. The van der Waals surface area contributed by atoms with E-state index in [4.69, 9.17) is 18.9 Å². The van der Waals surface area contributed by atoms with Crippen LogP contribution in [-0.4, -0.2) is 64.3 Å². The molecule has 0 spiro atoms. The van der Waals surface area contributed by atoms with Crippen molar-refractivity contribution in [3.63, 3.8) is 0 Å². The van der Waals surface area contributed by atoms with E-state index in [1.807, 2.05) is 0 Å². The number of benzene rings is 2. The summed E-state index contributed by atoms with van der Waals surface area (Å²) < 4.78 is 21.2. The number of amides is 2. The van der Waals surface area contributed by atoms with Gasteiger partial charge in [0.2, 0.25) is 0 Å². The second-order valence-electron chi connectivity index (χ2n) is 7.18. The summed E-state index contributed by atoms with van der Waals surface area (Å²) in [5.74, 6) is 1.70. The zero-order valence-electron chi connectivity index (χ0n) is 18.3. The Balaban J connectivity index is 1.64. The Kier molecular flexibility index (Phi) is 7.23. The first kappa shape index (κ1) is 22.3. The van der Waals surface area contributed by atoms with Gasteiger partial charge in [-0.15, -0.1) is 0 Å². The quantitative estimate of drug-likeness (QED) is 0.730. The highest BCUT2D eigenvalue weighted by Gasteiger charge is 2.27. The van der Waals surface area contributed by atoms with Crippen molar-refractivity contribution in [2.45, 2.75) is 18.9 Å². The number of nitrogens with one attached hydrogen (secondary N) is 1. The van der Waals surface area contributed by atoms with Crippen LogP contribution in [0.15, 0.2) is 36.4 Å². The van der Waals surface area contributed by atoms with E-state index >= 15 is 0 Å². The molecule has 1 heterocycles. The Bertz CT molecular complexity index is 893. The summed E-state index contributed by atoms with van der Waals surface area (Å²) in [6.45, 7) is 1.07. The summed E-state index contributed by atoms with van der Waals surface area (Å²) in [6, 6.07) is 10.3. The lowest BCUT2D eigenvalue weighted by atomic mass is 10.0. The van der Waals surface area contributed by atoms with Gasteiger partial charge < -0.3 is 29.2 Å². The topological polar surface area (TPSA) is 86.3 Å². The van der Waals surface area contributed by atoms with Gasteiger partial charge in [0.05, 0.1) is 28.4 Å². The molecular weight excluding hydrogens is 400 g/mol. The minimum Gasteiger partial charge on any atom is -0.497 e. The van der Waals surface area contributed by atoms with E-state index < -0.39 is 0 Å². The average molecular weight is 428 g/mol. The maximum atomic E-state index is 12.9. The normalized spacial score (nSPS) is 14.0. The highest BCUT2D eigenvalue weighted by atomic mass is 16.5. The lowest BCUT2D eigenvalue weighted by Gasteiger charge is -2.32. The third-order valence-electron chi connectivity index (χ3n) is 5.37. The number of carbonyl (C=O) groups is 2. The van der Waals surface area contributed by atoms with Gasteiger partial charge in [-0.25, -0.2) is 0 Å². The van der Waals surface area contributed by atoms with Crippen LogP contribution >= 0.6 is 0 Å². The number of hydrogen-bond acceptors (Lipinski definition) is 6. The number of hydrogen-bond donors (Lipinski definition) is 1. The van der Waals surface area contributed by atoms with Crippen LogP contribution in [0.3, 0.4) is 0 Å². The van der Waals surface area contributed by atoms with Gasteiger partial charge in [0, 0.05) is 30.8 Å². The summed E-state index contributed by atoms with van der Waals surface area (Å²) >= 11 is 0. The molecule has 3 rings (SSSR count). The summed E-state index contributed by atoms with van der Waals surface area (Å²) in [4.78, 5) is 27.6. The molecule has 0 bridgehead atoms. The van der Waals surface area contributed by atoms with Crippen molar-refractivity contribution < 1.29 is 28.5 Å². The first-order valence-electron chi connectivity index (χ1n) is 10.0. The summed E-state index contributed by atoms with van der Waals surface area (Å²) in [5, 5.41) is 3.04. The van der Waals surface area contributed by atoms with Crippen LogP contribution in [0.2, 0.25) is 0 Å². The molecule has 1 aliphatic heterocycles. The maximum absolute atomic E-state index is 12.9. The standard InChI is InChI=1S/C23H28N2O6/c1-28-17-12-15(13-18(14-17)29-2)23(27)25-10-8-16(9-11-25)24-22(26)21-19(30-3)6-5-7-20(21)31-4/h5-7,12-14,16H,8-11H2,1-4H3,(H,24,26). The SMILES string of the molecule is COc1cc(OC)cc(C(=O)N2CCC(NC(=O)c3c(OC)cccc3OC)CC2)c1. The van der Waals surface area contributed by atoms with Gasteiger partial charge in [-0.05, 0) is 37.1 Å². The van der Waals surface area contributed by atoms with Crippen LogP contribution in [0.25, 0.3) is 0 Å². The second-order valence-corrected chi connectivity index (χ2v) is 7.18. The molecule has 1 aliphatic rings. The molecule has 0 unspecified atom stereocenters. The minimum absolute atomic E-state index is 0.0500. The molecule has 1 saturated heterocycles. The Morgan fingerprint density at radius 2 is 1.42 bits per heavy atom. The van der Waals surface area contributed by atoms with E-state index in [1.165, 1.54) is 14.2 Å². The van der Waals surface area contributed by atoms with Crippen molar-refractivity contribution in [3.8, 4) is 23.0 Å². The third kappa shape index (κ3) is 5.02. The highest BCUT2D eigenvalue weighted by molar-refractivity contribution is 6.00. The molecule has 1 N–H and O–H groups in total. The average Bonchev–Trinajstić information content (AvgIpc) is 2.82. The zero-order chi connectivity index (χ0) is 22.4. The monoisotopic (exact) mass is 428 g/mol. The van der Waals surface area contributed by atoms with E-state index in [9.17, 15) is 9.59 Å². The Labute approximate surface area is 182 Å². The molecular formula is C23H28N2O6. The van der Waals surface area contributed by atoms with Crippen LogP contribution in [0.1, 0.15) is 33.6 Å². The van der Waals surface area contributed by atoms with Gasteiger partial charge in [-0.3, -0.25) is 9.59 Å². The Morgan fingerprint density at radius 1 is 0.871 bits per heavy atom.